The summed E-state index contributed by atoms with van der Waals surface area (Å²) in [6.07, 6.45) is 2.64. The zero-order valence-electron chi connectivity index (χ0n) is 15.1. The summed E-state index contributed by atoms with van der Waals surface area (Å²) in [5.41, 5.74) is 3.17. The minimum atomic E-state index is -0.471. The Balaban J connectivity index is 1.65. The Morgan fingerprint density at radius 1 is 1.19 bits per heavy atom. The van der Waals surface area contributed by atoms with E-state index in [1.54, 1.807) is 23.1 Å². The molecule has 1 heterocycles. The Kier molecular flexibility index (Phi) is 5.49. The Hall–Kier alpha value is -3.22. The van der Waals surface area contributed by atoms with Gasteiger partial charge in [-0.25, -0.2) is 0 Å². The summed E-state index contributed by atoms with van der Waals surface area (Å²) in [6.45, 7) is 2.65. The lowest BCUT2D eigenvalue weighted by atomic mass is 10.1. The van der Waals surface area contributed by atoms with E-state index in [1.165, 1.54) is 12.1 Å². The zero-order valence-corrected chi connectivity index (χ0v) is 15.1. The lowest BCUT2D eigenvalue weighted by molar-refractivity contribution is -0.384. The third-order valence-corrected chi connectivity index (χ3v) is 4.61. The van der Waals surface area contributed by atoms with E-state index in [4.69, 9.17) is 0 Å². The number of nitrogens with zero attached hydrogens (tertiary/aromatic N) is 2. The molecule has 0 saturated carbocycles. The Morgan fingerprint density at radius 2 is 1.93 bits per heavy atom. The van der Waals surface area contributed by atoms with Crippen LogP contribution in [0.1, 0.15) is 30.4 Å². The number of piperidine rings is 1. The standard InChI is InChI=1S/C20H21N3O4/c1-14-12-16(7-10-18(14)22-11-3-2-4-20(22)25)21-19(24)13-15-5-8-17(9-6-15)23(26)27/h5-10,12H,2-4,11,13H2,1H3,(H,21,24). The number of rotatable bonds is 5. The first kappa shape index (κ1) is 18.6. The molecular formula is C20H21N3O4. The van der Waals surface area contributed by atoms with Gasteiger partial charge in [-0.1, -0.05) is 12.1 Å². The molecular weight excluding hydrogens is 346 g/mol. The van der Waals surface area contributed by atoms with Crippen molar-refractivity contribution in [2.24, 2.45) is 0 Å². The van der Waals surface area contributed by atoms with Crippen molar-refractivity contribution in [3.63, 3.8) is 0 Å². The van der Waals surface area contributed by atoms with Crippen molar-refractivity contribution in [3.8, 4) is 0 Å². The van der Waals surface area contributed by atoms with E-state index in [0.717, 1.165) is 30.6 Å². The van der Waals surface area contributed by atoms with Crippen LogP contribution in [-0.4, -0.2) is 23.3 Å². The van der Waals surface area contributed by atoms with Gasteiger partial charge in [0.1, 0.15) is 0 Å². The van der Waals surface area contributed by atoms with Crippen molar-refractivity contribution >= 4 is 28.9 Å². The van der Waals surface area contributed by atoms with Crippen LogP contribution in [0.4, 0.5) is 17.1 Å². The number of carbonyl (C=O) groups excluding carboxylic acids is 2. The highest BCUT2D eigenvalue weighted by atomic mass is 16.6. The van der Waals surface area contributed by atoms with E-state index >= 15 is 0 Å². The molecule has 7 heteroatoms. The monoisotopic (exact) mass is 367 g/mol. The number of aryl methyl sites for hydroxylation is 1. The number of benzene rings is 2. The molecule has 0 atom stereocenters. The summed E-state index contributed by atoms with van der Waals surface area (Å²) < 4.78 is 0. The number of amides is 2. The van der Waals surface area contributed by atoms with Gasteiger partial charge in [0.25, 0.3) is 5.69 Å². The fourth-order valence-electron chi connectivity index (χ4n) is 3.22. The van der Waals surface area contributed by atoms with Crippen LogP contribution in [0, 0.1) is 17.0 Å². The van der Waals surface area contributed by atoms with Crippen molar-refractivity contribution in [2.45, 2.75) is 32.6 Å². The summed E-state index contributed by atoms with van der Waals surface area (Å²) in [5.74, 6) is -0.0654. The summed E-state index contributed by atoms with van der Waals surface area (Å²) in [7, 11) is 0. The van der Waals surface area contributed by atoms with Gasteiger partial charge in [0.2, 0.25) is 11.8 Å². The fraction of sp³-hybridized carbons (Fsp3) is 0.300. The predicted molar refractivity (Wildman–Crippen MR) is 103 cm³/mol. The quantitative estimate of drug-likeness (QED) is 0.645. The molecule has 2 amide bonds. The Morgan fingerprint density at radius 3 is 2.56 bits per heavy atom. The number of nitro groups is 1. The number of carbonyl (C=O) groups is 2. The minimum Gasteiger partial charge on any atom is -0.326 e. The highest BCUT2D eigenvalue weighted by Crippen LogP contribution is 2.27. The number of non-ortho nitro benzene ring substituents is 1. The molecule has 0 aliphatic carbocycles. The molecule has 2 aromatic carbocycles. The number of nitro benzene ring substituents is 1. The largest absolute Gasteiger partial charge is 0.326 e. The maximum Gasteiger partial charge on any atom is 0.269 e. The summed E-state index contributed by atoms with van der Waals surface area (Å²) in [5, 5.41) is 13.5. The van der Waals surface area contributed by atoms with Crippen LogP contribution in [-0.2, 0) is 16.0 Å². The molecule has 1 aliphatic heterocycles. The minimum absolute atomic E-state index is 0.00219. The van der Waals surface area contributed by atoms with Gasteiger partial charge < -0.3 is 10.2 Å². The topological polar surface area (TPSA) is 92.5 Å². The van der Waals surface area contributed by atoms with E-state index < -0.39 is 4.92 Å². The maximum atomic E-state index is 12.2. The molecule has 0 spiro atoms. The summed E-state index contributed by atoms with van der Waals surface area (Å²) in [6, 6.07) is 11.4. The smallest absolute Gasteiger partial charge is 0.269 e. The van der Waals surface area contributed by atoms with Gasteiger partial charge in [0.05, 0.1) is 11.3 Å². The second kappa shape index (κ2) is 7.99. The van der Waals surface area contributed by atoms with E-state index in [0.29, 0.717) is 17.7 Å². The number of nitrogens with one attached hydrogen (secondary N) is 1. The van der Waals surface area contributed by atoms with Crippen LogP contribution in [0.3, 0.4) is 0 Å². The molecule has 27 heavy (non-hydrogen) atoms. The third kappa shape index (κ3) is 4.49. The Labute approximate surface area is 157 Å². The van der Waals surface area contributed by atoms with Crippen LogP contribution < -0.4 is 10.2 Å². The van der Waals surface area contributed by atoms with Crippen molar-refractivity contribution in [1.82, 2.24) is 0 Å². The van der Waals surface area contributed by atoms with Gasteiger partial charge in [-0.3, -0.25) is 19.7 Å². The van der Waals surface area contributed by atoms with E-state index in [9.17, 15) is 19.7 Å². The first-order valence-corrected chi connectivity index (χ1v) is 8.88. The molecule has 0 unspecified atom stereocenters. The maximum absolute atomic E-state index is 12.2. The fourth-order valence-corrected chi connectivity index (χ4v) is 3.22. The third-order valence-electron chi connectivity index (χ3n) is 4.61. The van der Waals surface area contributed by atoms with E-state index in [1.807, 2.05) is 19.1 Å². The van der Waals surface area contributed by atoms with Gasteiger partial charge >= 0.3 is 0 Å². The Bertz CT molecular complexity index is 877. The highest BCUT2D eigenvalue weighted by Gasteiger charge is 2.21. The van der Waals surface area contributed by atoms with Gasteiger partial charge in [-0.05, 0) is 49.1 Å². The molecule has 1 fully saturated rings. The average Bonchev–Trinajstić information content (AvgIpc) is 2.63. The number of anilines is 2. The van der Waals surface area contributed by atoms with Gasteiger partial charge in [0.15, 0.2) is 0 Å². The van der Waals surface area contributed by atoms with Gasteiger partial charge in [-0.15, -0.1) is 0 Å². The SMILES string of the molecule is Cc1cc(NC(=O)Cc2ccc([N+](=O)[O-])cc2)ccc1N1CCCCC1=O. The zero-order chi connectivity index (χ0) is 19.4. The van der Waals surface area contributed by atoms with Crippen LogP contribution >= 0.6 is 0 Å². The average molecular weight is 367 g/mol. The molecule has 7 nitrogen and oxygen atoms in total. The molecule has 2 aromatic rings. The predicted octanol–water partition coefficient (Wildman–Crippen LogP) is 3.60. The lowest BCUT2D eigenvalue weighted by Crippen LogP contribution is -2.35. The highest BCUT2D eigenvalue weighted by molar-refractivity contribution is 5.96. The number of hydrogen-bond donors (Lipinski definition) is 1. The summed E-state index contributed by atoms with van der Waals surface area (Å²) >= 11 is 0. The van der Waals surface area contributed by atoms with Crippen LogP contribution in [0.25, 0.3) is 0 Å². The normalized spacial score (nSPS) is 14.1. The van der Waals surface area contributed by atoms with Crippen molar-refractivity contribution in [1.29, 1.82) is 0 Å². The van der Waals surface area contributed by atoms with E-state index in [2.05, 4.69) is 5.32 Å². The molecule has 1 aliphatic rings. The summed E-state index contributed by atoms with van der Waals surface area (Å²) in [4.78, 5) is 36.3. The first-order valence-electron chi connectivity index (χ1n) is 8.88. The van der Waals surface area contributed by atoms with Crippen molar-refractivity contribution in [3.05, 3.63) is 63.7 Å². The molecule has 140 valence electrons. The second-order valence-corrected chi connectivity index (χ2v) is 6.65. The van der Waals surface area contributed by atoms with Crippen LogP contribution in [0.2, 0.25) is 0 Å². The van der Waals surface area contributed by atoms with Crippen molar-refractivity contribution < 1.29 is 14.5 Å². The molecule has 1 saturated heterocycles. The molecule has 0 aromatic heterocycles. The second-order valence-electron chi connectivity index (χ2n) is 6.65. The van der Waals surface area contributed by atoms with Crippen LogP contribution in [0.5, 0.6) is 0 Å². The molecule has 0 radical (unpaired) electrons. The van der Waals surface area contributed by atoms with E-state index in [-0.39, 0.29) is 23.9 Å². The molecule has 0 bridgehead atoms. The lowest BCUT2D eigenvalue weighted by Gasteiger charge is -2.28. The number of hydrogen-bond acceptors (Lipinski definition) is 4. The van der Waals surface area contributed by atoms with Gasteiger partial charge in [-0.2, -0.15) is 0 Å². The first-order chi connectivity index (χ1) is 12.9. The molecule has 1 N–H and O–H groups in total. The molecule has 3 rings (SSSR count). The van der Waals surface area contributed by atoms with Crippen LogP contribution in [0.15, 0.2) is 42.5 Å². The van der Waals surface area contributed by atoms with Gasteiger partial charge in [0, 0.05) is 36.5 Å². The van der Waals surface area contributed by atoms with Crippen molar-refractivity contribution in [2.75, 3.05) is 16.8 Å².